The molecule has 0 spiro atoms. The number of aliphatic hydroxyl groups is 2. The molecule has 0 aliphatic rings. The highest BCUT2D eigenvalue weighted by Gasteiger charge is 2.19. The molecule has 0 saturated carbocycles. The first-order chi connectivity index (χ1) is 22.7. The molecule has 2 atom stereocenters. The normalized spacial score (nSPS) is 13.0. The summed E-state index contributed by atoms with van der Waals surface area (Å²) in [5.41, 5.74) is 0. The molecule has 4 nitrogen and oxygen atoms in total. The Bertz CT molecular complexity index is 622. The van der Waals surface area contributed by atoms with E-state index in [0.717, 1.165) is 25.7 Å². The smallest absolute Gasteiger partial charge is 0.220 e. The number of carbonyl (C=O) groups is 1. The molecule has 1 amide bonds. The molecule has 0 aliphatic heterocycles. The number of hydrogen-bond donors (Lipinski definition) is 3. The van der Waals surface area contributed by atoms with Gasteiger partial charge in [-0.2, -0.15) is 0 Å². The minimum Gasteiger partial charge on any atom is -0.394 e. The molecule has 0 aromatic carbocycles. The van der Waals surface area contributed by atoms with E-state index < -0.39 is 12.1 Å². The lowest BCUT2D eigenvalue weighted by Gasteiger charge is -2.22. The van der Waals surface area contributed by atoms with Crippen LogP contribution in [0.5, 0.6) is 0 Å². The van der Waals surface area contributed by atoms with Gasteiger partial charge in [0.25, 0.3) is 0 Å². The zero-order valence-corrected chi connectivity index (χ0v) is 31.4. The highest BCUT2D eigenvalue weighted by molar-refractivity contribution is 5.76. The maximum Gasteiger partial charge on any atom is 0.220 e. The molecular formula is C42H83NO3. The average molecular weight is 650 g/mol. The largest absolute Gasteiger partial charge is 0.394 e. The number of nitrogens with one attached hydrogen (secondary N) is 1. The predicted octanol–water partition coefficient (Wildman–Crippen LogP) is 12.7. The minimum atomic E-state index is -0.654. The van der Waals surface area contributed by atoms with Crippen molar-refractivity contribution in [2.45, 2.75) is 244 Å². The van der Waals surface area contributed by atoms with E-state index in [4.69, 9.17) is 0 Å². The van der Waals surface area contributed by atoms with Gasteiger partial charge < -0.3 is 15.5 Å². The molecule has 0 radical (unpaired) electrons. The van der Waals surface area contributed by atoms with E-state index in [1.165, 1.54) is 180 Å². The Labute approximate surface area is 288 Å². The van der Waals surface area contributed by atoms with E-state index in [0.29, 0.717) is 12.8 Å². The summed E-state index contributed by atoms with van der Waals surface area (Å²) in [4.78, 5) is 12.4. The van der Waals surface area contributed by atoms with Gasteiger partial charge in [0.2, 0.25) is 5.91 Å². The van der Waals surface area contributed by atoms with Crippen LogP contribution in [0.25, 0.3) is 0 Å². The molecule has 0 heterocycles. The van der Waals surface area contributed by atoms with Crippen LogP contribution in [0.1, 0.15) is 232 Å². The maximum atomic E-state index is 12.4. The van der Waals surface area contributed by atoms with Crippen LogP contribution >= 0.6 is 0 Å². The first-order valence-electron chi connectivity index (χ1n) is 20.9. The molecule has 46 heavy (non-hydrogen) atoms. The fourth-order valence-electron chi connectivity index (χ4n) is 6.53. The van der Waals surface area contributed by atoms with Crippen molar-refractivity contribution in [3.8, 4) is 0 Å². The van der Waals surface area contributed by atoms with Gasteiger partial charge in [-0.15, -0.1) is 0 Å². The second kappa shape index (κ2) is 38.6. The third-order valence-electron chi connectivity index (χ3n) is 9.78. The maximum absolute atomic E-state index is 12.4. The van der Waals surface area contributed by atoms with Crippen LogP contribution in [0.2, 0.25) is 0 Å². The van der Waals surface area contributed by atoms with Crippen molar-refractivity contribution >= 4 is 5.91 Å². The number of aliphatic hydroxyl groups excluding tert-OH is 2. The number of hydrogen-bond acceptors (Lipinski definition) is 3. The zero-order valence-electron chi connectivity index (χ0n) is 31.4. The minimum absolute atomic E-state index is 0.0308. The third kappa shape index (κ3) is 34.5. The van der Waals surface area contributed by atoms with Gasteiger partial charge in [-0.25, -0.2) is 0 Å². The van der Waals surface area contributed by atoms with Crippen molar-refractivity contribution < 1.29 is 15.0 Å². The second-order valence-corrected chi connectivity index (χ2v) is 14.4. The summed E-state index contributed by atoms with van der Waals surface area (Å²) in [7, 11) is 0. The van der Waals surface area contributed by atoms with Crippen LogP contribution in [0.4, 0.5) is 0 Å². The first-order valence-corrected chi connectivity index (χ1v) is 20.9. The van der Waals surface area contributed by atoms with Gasteiger partial charge in [0.05, 0.1) is 18.8 Å². The molecule has 0 unspecified atom stereocenters. The number of allylic oxidation sites excluding steroid dienone is 2. The quantitative estimate of drug-likeness (QED) is 0.0460. The van der Waals surface area contributed by atoms with Crippen molar-refractivity contribution in [2.75, 3.05) is 6.61 Å². The lowest BCUT2D eigenvalue weighted by atomic mass is 10.0. The van der Waals surface area contributed by atoms with Crippen LogP contribution in [0.15, 0.2) is 12.2 Å². The molecule has 274 valence electrons. The lowest BCUT2D eigenvalue weighted by molar-refractivity contribution is -0.123. The Balaban J connectivity index is 3.49. The fourth-order valence-corrected chi connectivity index (χ4v) is 6.53. The molecule has 0 fully saturated rings. The van der Waals surface area contributed by atoms with E-state index in [2.05, 4.69) is 31.3 Å². The SMILES string of the molecule is CCCCCCCC/C=C\CCCCCCCCCCCCCC(=O)N[C@H](CO)[C@H](O)CCCCCCCCCCCCCCC. The van der Waals surface area contributed by atoms with Crippen LogP contribution in [0.3, 0.4) is 0 Å². The number of rotatable bonds is 38. The standard InChI is InChI=1S/C42H83NO3/c1-3-5-7-9-11-13-15-17-18-19-20-21-22-23-24-26-28-30-32-34-36-38-42(46)43-40(39-44)41(45)37-35-33-31-29-27-25-16-14-12-10-8-6-4-2/h17-18,40-41,44-45H,3-16,19-39H2,1-2H3,(H,43,46)/b18-17-/t40-,41-/m1/s1. The van der Waals surface area contributed by atoms with Gasteiger partial charge in [0.1, 0.15) is 0 Å². The van der Waals surface area contributed by atoms with Crippen LogP contribution in [0, 0.1) is 0 Å². The summed E-state index contributed by atoms with van der Waals surface area (Å²) in [5.74, 6) is -0.0308. The van der Waals surface area contributed by atoms with Gasteiger partial charge in [0, 0.05) is 6.42 Å². The van der Waals surface area contributed by atoms with Crippen LogP contribution in [-0.4, -0.2) is 34.9 Å². The molecule has 0 aliphatic carbocycles. The van der Waals surface area contributed by atoms with Crippen LogP contribution in [-0.2, 0) is 4.79 Å². The fraction of sp³-hybridized carbons (Fsp3) is 0.929. The van der Waals surface area contributed by atoms with Crippen molar-refractivity contribution in [3.05, 3.63) is 12.2 Å². The molecule has 0 bridgehead atoms. The third-order valence-corrected chi connectivity index (χ3v) is 9.78. The summed E-state index contributed by atoms with van der Waals surface area (Å²) < 4.78 is 0. The average Bonchev–Trinajstić information content (AvgIpc) is 3.06. The van der Waals surface area contributed by atoms with Gasteiger partial charge in [0.15, 0.2) is 0 Å². The van der Waals surface area contributed by atoms with Gasteiger partial charge in [-0.1, -0.05) is 199 Å². The second-order valence-electron chi connectivity index (χ2n) is 14.4. The highest BCUT2D eigenvalue weighted by atomic mass is 16.3. The molecule has 0 aromatic rings. The summed E-state index contributed by atoms with van der Waals surface area (Å²) in [6.07, 6.45) is 47.1. The van der Waals surface area contributed by atoms with Crippen molar-refractivity contribution in [1.29, 1.82) is 0 Å². The Morgan fingerprint density at radius 2 is 0.826 bits per heavy atom. The van der Waals surface area contributed by atoms with E-state index in [9.17, 15) is 15.0 Å². The number of amides is 1. The molecule has 4 heteroatoms. The molecule has 0 aromatic heterocycles. The zero-order chi connectivity index (χ0) is 33.6. The van der Waals surface area contributed by atoms with Crippen molar-refractivity contribution in [2.24, 2.45) is 0 Å². The Morgan fingerprint density at radius 3 is 1.20 bits per heavy atom. The number of unbranched alkanes of at least 4 members (excludes halogenated alkanes) is 29. The monoisotopic (exact) mass is 650 g/mol. The summed E-state index contributed by atoms with van der Waals surface area (Å²) >= 11 is 0. The highest BCUT2D eigenvalue weighted by Crippen LogP contribution is 2.16. The summed E-state index contributed by atoms with van der Waals surface area (Å²) in [6, 6.07) is -0.531. The van der Waals surface area contributed by atoms with Gasteiger partial charge in [-0.05, 0) is 38.5 Å². The summed E-state index contributed by atoms with van der Waals surface area (Å²) in [5, 5.41) is 23.1. The first kappa shape index (κ1) is 45.1. The summed E-state index contributed by atoms with van der Waals surface area (Å²) in [6.45, 7) is 4.36. The van der Waals surface area contributed by atoms with Crippen LogP contribution < -0.4 is 5.32 Å². The lowest BCUT2D eigenvalue weighted by Crippen LogP contribution is -2.45. The van der Waals surface area contributed by atoms with Crippen molar-refractivity contribution in [1.82, 2.24) is 5.32 Å². The topological polar surface area (TPSA) is 69.6 Å². The molecular weight excluding hydrogens is 566 g/mol. The van der Waals surface area contributed by atoms with E-state index >= 15 is 0 Å². The molecule has 3 N–H and O–H groups in total. The predicted molar refractivity (Wildman–Crippen MR) is 202 cm³/mol. The van der Waals surface area contributed by atoms with Gasteiger partial charge in [-0.3, -0.25) is 4.79 Å². The Morgan fingerprint density at radius 1 is 0.500 bits per heavy atom. The van der Waals surface area contributed by atoms with Crippen molar-refractivity contribution in [3.63, 3.8) is 0 Å². The molecule has 0 rings (SSSR count). The number of carbonyl (C=O) groups excluding carboxylic acids is 1. The Kier molecular flexibility index (Phi) is 37.8. The van der Waals surface area contributed by atoms with E-state index in [-0.39, 0.29) is 12.5 Å². The Hall–Kier alpha value is -0.870. The van der Waals surface area contributed by atoms with E-state index in [1.807, 2.05) is 0 Å². The van der Waals surface area contributed by atoms with Gasteiger partial charge >= 0.3 is 0 Å². The molecule has 0 saturated heterocycles. The van der Waals surface area contributed by atoms with E-state index in [1.54, 1.807) is 0 Å².